The van der Waals surface area contributed by atoms with Gasteiger partial charge in [-0.1, -0.05) is 30.3 Å². The number of ether oxygens (including phenoxy) is 1. The highest BCUT2D eigenvalue weighted by Gasteiger charge is 2.24. The largest absolute Gasteiger partial charge is 0.496 e. The number of benzene rings is 3. The number of methoxy groups -OCH3 is 1. The van der Waals surface area contributed by atoms with E-state index in [2.05, 4.69) is 15.1 Å². The molecule has 0 aliphatic rings. The summed E-state index contributed by atoms with van der Waals surface area (Å²) in [5.41, 5.74) is 0.506. The van der Waals surface area contributed by atoms with Gasteiger partial charge in [-0.3, -0.25) is 14.2 Å². The number of nitrogens with one attached hydrogen (secondary N) is 2. The van der Waals surface area contributed by atoms with E-state index in [1.807, 2.05) is 0 Å². The summed E-state index contributed by atoms with van der Waals surface area (Å²) in [7, 11) is -2.92. The Hall–Kier alpha value is -4.03. The topological polar surface area (TPSA) is 123 Å². The number of aliphatic hydroxyl groups is 1. The zero-order chi connectivity index (χ0) is 28.5. The van der Waals surface area contributed by atoms with Crippen LogP contribution < -0.4 is 14.8 Å². The normalized spacial score (nSPS) is 12.0. The molecule has 1 amide bonds. The molecule has 0 unspecified atom stereocenters. The number of carbonyl (C=O) groups excluding carboxylic acids is 1. The Bertz CT molecular complexity index is 1660. The zero-order valence-corrected chi connectivity index (χ0v) is 22.6. The maximum Gasteiger partial charge on any atom is 0.263 e. The Morgan fingerprint density at radius 2 is 1.82 bits per heavy atom. The van der Waals surface area contributed by atoms with Crippen molar-refractivity contribution < 1.29 is 31.8 Å². The third-order valence-corrected chi connectivity index (χ3v) is 7.36. The van der Waals surface area contributed by atoms with Crippen molar-refractivity contribution in [2.75, 3.05) is 11.8 Å². The van der Waals surface area contributed by atoms with Gasteiger partial charge in [0.05, 0.1) is 29.5 Å². The molecular formula is C27H28F2N4O5S. The summed E-state index contributed by atoms with van der Waals surface area (Å²) >= 11 is 0. The minimum absolute atomic E-state index is 0.0621. The molecule has 4 rings (SSSR count). The fourth-order valence-electron chi connectivity index (χ4n) is 3.92. The summed E-state index contributed by atoms with van der Waals surface area (Å²) in [5.74, 6) is -1.87. The van der Waals surface area contributed by atoms with Gasteiger partial charge in [-0.15, -0.1) is 0 Å². The molecule has 0 atom stereocenters. The third kappa shape index (κ3) is 6.18. The number of aromatic nitrogens is 2. The maximum atomic E-state index is 14.5. The van der Waals surface area contributed by atoms with Gasteiger partial charge in [0.2, 0.25) is 0 Å². The summed E-state index contributed by atoms with van der Waals surface area (Å²) in [6.45, 7) is 4.57. The molecule has 0 fully saturated rings. The maximum absolute atomic E-state index is 14.5. The smallest absolute Gasteiger partial charge is 0.263 e. The molecule has 1 heterocycles. The molecule has 0 aliphatic heterocycles. The van der Waals surface area contributed by atoms with Gasteiger partial charge in [0, 0.05) is 18.7 Å². The van der Waals surface area contributed by atoms with Crippen molar-refractivity contribution in [1.29, 1.82) is 0 Å². The van der Waals surface area contributed by atoms with E-state index in [-0.39, 0.29) is 40.5 Å². The number of hydrogen-bond acceptors (Lipinski definition) is 6. The van der Waals surface area contributed by atoms with Gasteiger partial charge >= 0.3 is 0 Å². The molecule has 0 spiro atoms. The monoisotopic (exact) mass is 558 g/mol. The number of nitrogens with zero attached hydrogens (tertiary/aromatic N) is 2. The van der Waals surface area contributed by atoms with Crippen molar-refractivity contribution in [3.8, 4) is 5.75 Å². The van der Waals surface area contributed by atoms with Crippen molar-refractivity contribution in [1.82, 2.24) is 15.1 Å². The predicted octanol–water partition coefficient (Wildman–Crippen LogP) is 3.87. The number of anilines is 1. The molecule has 1 aromatic heterocycles. The number of fused-ring (bicyclic) bond motifs is 1. The van der Waals surface area contributed by atoms with Crippen LogP contribution in [0.25, 0.3) is 10.9 Å². The van der Waals surface area contributed by atoms with Gasteiger partial charge in [0.1, 0.15) is 23.0 Å². The summed E-state index contributed by atoms with van der Waals surface area (Å²) in [4.78, 5) is 11.7. The summed E-state index contributed by atoms with van der Waals surface area (Å²) < 4.78 is 63.9. The molecule has 4 aromatic rings. The van der Waals surface area contributed by atoms with Crippen LogP contribution in [-0.2, 0) is 27.9 Å². The Kier molecular flexibility index (Phi) is 7.62. The lowest BCUT2D eigenvalue weighted by Gasteiger charge is -2.16. The second kappa shape index (κ2) is 10.6. The van der Waals surface area contributed by atoms with Crippen LogP contribution in [0.3, 0.4) is 0 Å². The first-order valence-corrected chi connectivity index (χ1v) is 13.4. The molecule has 3 aromatic carbocycles. The van der Waals surface area contributed by atoms with Crippen LogP contribution in [0.15, 0.2) is 59.5 Å². The van der Waals surface area contributed by atoms with Gasteiger partial charge in [-0.25, -0.2) is 17.2 Å². The highest BCUT2D eigenvalue weighted by atomic mass is 32.2. The molecular weight excluding hydrogens is 530 g/mol. The lowest BCUT2D eigenvalue weighted by molar-refractivity contribution is -0.136. The quantitative estimate of drug-likeness (QED) is 0.287. The Balaban J connectivity index is 1.70. The van der Waals surface area contributed by atoms with Crippen LogP contribution in [-0.4, -0.2) is 41.9 Å². The van der Waals surface area contributed by atoms with E-state index in [4.69, 9.17) is 4.74 Å². The summed E-state index contributed by atoms with van der Waals surface area (Å²) in [6, 6.07) is 13.0. The molecule has 9 nitrogen and oxygen atoms in total. The molecule has 39 heavy (non-hydrogen) atoms. The van der Waals surface area contributed by atoms with Crippen LogP contribution in [0.5, 0.6) is 5.75 Å². The lowest BCUT2D eigenvalue weighted by atomic mass is 10.1. The zero-order valence-electron chi connectivity index (χ0n) is 21.7. The molecule has 12 heteroatoms. The van der Waals surface area contributed by atoms with Crippen LogP contribution in [0.4, 0.5) is 14.6 Å². The van der Waals surface area contributed by atoms with E-state index in [0.29, 0.717) is 5.56 Å². The average Bonchev–Trinajstić information content (AvgIpc) is 3.18. The van der Waals surface area contributed by atoms with Gasteiger partial charge < -0.3 is 15.2 Å². The van der Waals surface area contributed by atoms with E-state index in [1.54, 1.807) is 24.3 Å². The molecule has 0 saturated heterocycles. The first kappa shape index (κ1) is 28.0. The van der Waals surface area contributed by atoms with Gasteiger partial charge in [0.25, 0.3) is 15.9 Å². The van der Waals surface area contributed by atoms with Crippen LogP contribution >= 0.6 is 0 Å². The second-order valence-electron chi connectivity index (χ2n) is 9.59. The molecule has 206 valence electrons. The van der Waals surface area contributed by atoms with E-state index < -0.39 is 33.2 Å². The molecule has 3 N–H and O–H groups in total. The number of carbonyl (C=O) groups is 1. The molecule has 0 aliphatic carbocycles. The van der Waals surface area contributed by atoms with Gasteiger partial charge in [0.15, 0.2) is 5.82 Å². The SMILES string of the molecule is COc1cc(F)cc2c1c(NS(=O)(=O)c1ccc(C)c(F)c1)nn2Cc1cccc(CNC(=O)C(C)(C)O)c1. The molecule has 0 radical (unpaired) electrons. The van der Waals surface area contributed by atoms with E-state index in [0.717, 1.165) is 23.3 Å². The first-order valence-electron chi connectivity index (χ1n) is 11.9. The standard InChI is InChI=1S/C27H28F2N4O5S/c1-16-8-9-20(13-21(16)29)39(36,37)32-25-24-22(11-19(28)12-23(24)38-4)33(31-25)15-18-7-5-6-17(10-18)14-30-26(34)27(2,3)35/h5-13,35H,14-15H2,1-4H3,(H,30,34)(H,31,32). The number of aryl methyl sites for hydroxylation is 1. The molecule has 0 saturated carbocycles. The number of sulfonamides is 1. The Labute approximate surface area is 224 Å². The van der Waals surface area contributed by atoms with Crippen molar-refractivity contribution in [3.63, 3.8) is 0 Å². The van der Waals surface area contributed by atoms with E-state index >= 15 is 0 Å². The number of amides is 1. The highest BCUT2D eigenvalue weighted by Crippen LogP contribution is 2.35. The lowest BCUT2D eigenvalue weighted by Crippen LogP contribution is -2.41. The van der Waals surface area contributed by atoms with E-state index in [1.165, 1.54) is 50.8 Å². The second-order valence-corrected chi connectivity index (χ2v) is 11.3. The van der Waals surface area contributed by atoms with Crippen LogP contribution in [0.1, 0.15) is 30.5 Å². The van der Waals surface area contributed by atoms with Gasteiger partial charge in [-0.05, 0) is 49.6 Å². The van der Waals surface area contributed by atoms with Crippen molar-refractivity contribution in [3.05, 3.63) is 82.9 Å². The Morgan fingerprint density at radius 1 is 1.10 bits per heavy atom. The molecule has 0 bridgehead atoms. The van der Waals surface area contributed by atoms with Crippen molar-refractivity contribution >= 4 is 32.7 Å². The minimum atomic E-state index is -4.25. The average molecular weight is 559 g/mol. The number of hydrogen-bond donors (Lipinski definition) is 3. The Morgan fingerprint density at radius 3 is 2.49 bits per heavy atom. The highest BCUT2D eigenvalue weighted by molar-refractivity contribution is 7.92. The number of halogens is 2. The van der Waals surface area contributed by atoms with Crippen LogP contribution in [0.2, 0.25) is 0 Å². The van der Waals surface area contributed by atoms with Gasteiger partial charge in [-0.2, -0.15) is 5.10 Å². The summed E-state index contributed by atoms with van der Waals surface area (Å²) in [5, 5.41) is 17.1. The predicted molar refractivity (Wildman–Crippen MR) is 142 cm³/mol. The van der Waals surface area contributed by atoms with E-state index in [9.17, 15) is 27.1 Å². The van der Waals surface area contributed by atoms with Crippen molar-refractivity contribution in [2.45, 2.75) is 44.4 Å². The third-order valence-electron chi connectivity index (χ3n) is 6.02. The van der Waals surface area contributed by atoms with Crippen molar-refractivity contribution in [2.24, 2.45) is 0 Å². The van der Waals surface area contributed by atoms with Crippen LogP contribution in [0, 0.1) is 18.6 Å². The number of rotatable bonds is 9. The summed E-state index contributed by atoms with van der Waals surface area (Å²) in [6.07, 6.45) is 0. The fraction of sp³-hybridized carbons (Fsp3) is 0.259. The first-order chi connectivity index (χ1) is 18.3. The minimum Gasteiger partial charge on any atom is -0.496 e. The fourth-order valence-corrected chi connectivity index (χ4v) is 4.94.